The van der Waals surface area contributed by atoms with E-state index in [0.29, 0.717) is 0 Å². The second-order valence-electron chi connectivity index (χ2n) is 10.1. The van der Waals surface area contributed by atoms with E-state index in [9.17, 15) is 5.11 Å². The van der Waals surface area contributed by atoms with Crippen molar-refractivity contribution in [3.8, 4) is 28.0 Å². The molecule has 5 nitrogen and oxygen atoms in total. The Balaban J connectivity index is 0. The minimum atomic E-state index is 0. The van der Waals surface area contributed by atoms with Crippen LogP contribution in [0.4, 0.5) is 11.4 Å². The second kappa shape index (κ2) is 20.7. The van der Waals surface area contributed by atoms with Crippen LogP contribution in [0, 0.1) is 34.6 Å². The molecule has 0 spiro atoms. The molecule has 0 unspecified atom stereocenters. The molecule has 1 N–H and O–H groups in total. The molecule has 0 radical (unpaired) electrons. The maximum Gasteiger partial charge on any atom is 2.00 e. The number of rotatable bonds is 6. The zero-order valence-electron chi connectivity index (χ0n) is 25.6. The van der Waals surface area contributed by atoms with Crippen molar-refractivity contribution in [2.45, 2.75) is 34.6 Å². The van der Waals surface area contributed by atoms with Crippen LogP contribution in [0.1, 0.15) is 39.2 Å². The van der Waals surface area contributed by atoms with Gasteiger partial charge in [-0.15, -0.1) is 0 Å². The van der Waals surface area contributed by atoms with E-state index in [1.165, 1.54) is 0 Å². The van der Waals surface area contributed by atoms with Crippen molar-refractivity contribution >= 4 is 23.8 Å². The molecular formula is C35H32Cl4N4OPd2. The number of pyridine rings is 2. The zero-order chi connectivity index (χ0) is 28.2. The van der Waals surface area contributed by atoms with Crippen molar-refractivity contribution in [3.63, 3.8) is 0 Å². The van der Waals surface area contributed by atoms with Crippen LogP contribution in [0.5, 0.6) is 5.75 Å². The van der Waals surface area contributed by atoms with Gasteiger partial charge in [-0.1, -0.05) is 18.2 Å². The van der Waals surface area contributed by atoms with E-state index in [4.69, 9.17) is 9.98 Å². The molecule has 5 rings (SSSR count). The first-order valence-electron chi connectivity index (χ1n) is 13.3. The summed E-state index contributed by atoms with van der Waals surface area (Å²) in [4.78, 5) is 18.2. The van der Waals surface area contributed by atoms with Crippen molar-refractivity contribution in [3.05, 3.63) is 124 Å². The van der Waals surface area contributed by atoms with Crippen LogP contribution in [0.2, 0.25) is 0 Å². The molecule has 0 bridgehead atoms. The van der Waals surface area contributed by atoms with Gasteiger partial charge < -0.3 is 54.7 Å². The summed E-state index contributed by atoms with van der Waals surface area (Å²) in [5.74, 6) is 0.247. The van der Waals surface area contributed by atoms with E-state index in [1.807, 2.05) is 42.5 Å². The first kappa shape index (κ1) is 45.7. The second-order valence-corrected chi connectivity index (χ2v) is 10.1. The third-order valence-corrected chi connectivity index (χ3v) is 6.98. The van der Waals surface area contributed by atoms with Crippen LogP contribution >= 0.6 is 0 Å². The van der Waals surface area contributed by atoms with Crippen LogP contribution in [0.15, 0.2) is 95.2 Å². The van der Waals surface area contributed by atoms with Crippen LogP contribution in [0.25, 0.3) is 22.3 Å². The molecule has 0 atom stereocenters. The molecule has 0 amide bonds. The van der Waals surface area contributed by atoms with E-state index in [0.717, 1.165) is 72.8 Å². The topological polar surface area (TPSA) is 70.7 Å². The summed E-state index contributed by atoms with van der Waals surface area (Å²) >= 11 is 0. The van der Waals surface area contributed by atoms with E-state index in [1.54, 1.807) is 30.9 Å². The van der Waals surface area contributed by atoms with Crippen LogP contribution in [0.3, 0.4) is 0 Å². The van der Waals surface area contributed by atoms with E-state index >= 15 is 0 Å². The third-order valence-electron chi connectivity index (χ3n) is 6.98. The fourth-order valence-electron chi connectivity index (χ4n) is 5.13. The smallest absolute Gasteiger partial charge is 1.00 e. The predicted octanol–water partition coefficient (Wildman–Crippen LogP) is -3.43. The van der Waals surface area contributed by atoms with Gasteiger partial charge >= 0.3 is 40.8 Å². The number of phenolic OH excluding ortho intramolecular Hbond substituents is 1. The van der Waals surface area contributed by atoms with Crippen molar-refractivity contribution < 1.29 is 95.6 Å². The Morgan fingerprint density at radius 3 is 1.28 bits per heavy atom. The average Bonchev–Trinajstić information content (AvgIpc) is 2.94. The predicted molar refractivity (Wildman–Crippen MR) is 166 cm³/mol. The number of nitrogens with zero attached hydrogens (tertiary/aromatic N) is 4. The SMILES string of the molecule is Cc1cc(-c2c(C)ccc(O)c2-c2cc(C)c(/N=C/c3ccccn3)c(C)c2)cc(C)c1/N=C/c1ccccn1.[Cl-].[Cl-].[Cl-].[Cl-].[Pd+2].[Pd+2]. The molecule has 11 heteroatoms. The number of aliphatic imine (C=N–C) groups is 2. The van der Waals surface area contributed by atoms with E-state index in [-0.39, 0.29) is 96.2 Å². The van der Waals surface area contributed by atoms with Gasteiger partial charge in [-0.3, -0.25) is 20.0 Å². The molecule has 0 saturated carbocycles. The Kier molecular flexibility index (Phi) is 20.6. The van der Waals surface area contributed by atoms with Gasteiger partial charge in [0.25, 0.3) is 0 Å². The molecule has 2 heterocycles. The van der Waals surface area contributed by atoms with Crippen molar-refractivity contribution in [1.82, 2.24) is 9.97 Å². The van der Waals surface area contributed by atoms with Gasteiger partial charge in [0, 0.05) is 18.0 Å². The molecule has 3 aromatic carbocycles. The Morgan fingerprint density at radius 1 is 0.522 bits per heavy atom. The first-order chi connectivity index (χ1) is 19.3. The van der Waals surface area contributed by atoms with Gasteiger partial charge in [-0.05, 0) is 134 Å². The van der Waals surface area contributed by atoms with Crippen molar-refractivity contribution in [1.29, 1.82) is 0 Å². The van der Waals surface area contributed by atoms with E-state index < -0.39 is 0 Å². The number of aromatic nitrogens is 2. The van der Waals surface area contributed by atoms with Gasteiger partial charge in [0.15, 0.2) is 0 Å². The summed E-state index contributed by atoms with van der Waals surface area (Å²) < 4.78 is 0. The van der Waals surface area contributed by atoms with E-state index in [2.05, 4.69) is 68.9 Å². The number of halogens is 4. The molecule has 0 aliphatic rings. The Morgan fingerprint density at radius 2 is 0.913 bits per heavy atom. The number of phenols is 1. The summed E-state index contributed by atoms with van der Waals surface area (Å²) in [6.07, 6.45) is 7.10. The molecule has 246 valence electrons. The summed E-state index contributed by atoms with van der Waals surface area (Å²) in [7, 11) is 0. The monoisotopic (exact) mass is 876 g/mol. The van der Waals surface area contributed by atoms with Crippen LogP contribution in [-0.2, 0) is 40.8 Å². The molecule has 2 aromatic heterocycles. The number of benzene rings is 3. The fourth-order valence-corrected chi connectivity index (χ4v) is 5.13. The zero-order valence-corrected chi connectivity index (χ0v) is 31.8. The summed E-state index contributed by atoms with van der Waals surface area (Å²) in [5.41, 5.74) is 12.5. The van der Waals surface area contributed by atoms with Gasteiger partial charge in [-0.2, -0.15) is 0 Å². The number of aromatic hydroxyl groups is 1. The summed E-state index contributed by atoms with van der Waals surface area (Å²) in [6.45, 7) is 10.3. The summed E-state index contributed by atoms with van der Waals surface area (Å²) in [6, 6.07) is 23.8. The molecule has 0 aliphatic carbocycles. The molecule has 0 fully saturated rings. The number of hydrogen-bond acceptors (Lipinski definition) is 5. The van der Waals surface area contributed by atoms with Crippen LogP contribution < -0.4 is 49.6 Å². The summed E-state index contributed by atoms with van der Waals surface area (Å²) in [5, 5.41) is 11.2. The van der Waals surface area contributed by atoms with Crippen LogP contribution in [-0.4, -0.2) is 27.5 Å². The van der Waals surface area contributed by atoms with Gasteiger partial charge in [-0.25, -0.2) is 0 Å². The van der Waals surface area contributed by atoms with Crippen molar-refractivity contribution in [2.75, 3.05) is 0 Å². The molecule has 0 saturated heterocycles. The Hall–Kier alpha value is -2.42. The first-order valence-corrected chi connectivity index (χ1v) is 13.3. The average molecular weight is 879 g/mol. The van der Waals surface area contributed by atoms with Gasteiger partial charge in [0.1, 0.15) is 5.75 Å². The Bertz CT molecular complexity index is 1590. The minimum Gasteiger partial charge on any atom is -1.00 e. The molecule has 46 heavy (non-hydrogen) atoms. The normalized spacial score (nSPS) is 10.0. The molecule has 0 aliphatic heterocycles. The standard InChI is InChI=1S/C35H32N4O.4ClH.2Pd/c1-22-12-13-31(40)33(28-18-25(4)35(26(5)19-28)39-21-30-11-7-9-15-37-30)32(22)27-16-23(2)34(24(3)17-27)38-20-29-10-6-8-14-36-29;;;;;;/h6-21,40H,1-5H3;4*1H;;/q;;;;;2*+2/p-4/b38-20+,39-21+;;;;;;. The minimum absolute atomic E-state index is 0. The molecular weight excluding hydrogens is 847 g/mol. The maximum absolute atomic E-state index is 11.2. The number of aryl methyl sites for hydroxylation is 5. The fraction of sp³-hybridized carbons (Fsp3) is 0.143. The third kappa shape index (κ3) is 10.5. The maximum atomic E-state index is 11.2. The molecule has 5 aromatic rings. The Labute approximate surface area is 323 Å². The van der Waals surface area contributed by atoms with Crippen molar-refractivity contribution in [2.24, 2.45) is 9.98 Å². The quantitative estimate of drug-likeness (QED) is 0.143. The number of hydrogen-bond donors (Lipinski definition) is 1. The largest absolute Gasteiger partial charge is 2.00 e. The van der Waals surface area contributed by atoms with Gasteiger partial charge in [0.05, 0.1) is 35.2 Å². The van der Waals surface area contributed by atoms with Gasteiger partial charge in [0.2, 0.25) is 0 Å².